The van der Waals surface area contributed by atoms with Gasteiger partial charge in [-0.05, 0) is 12.0 Å². The van der Waals surface area contributed by atoms with E-state index >= 15 is 0 Å². The van der Waals surface area contributed by atoms with Gasteiger partial charge in [-0.15, -0.1) is 11.6 Å². The summed E-state index contributed by atoms with van der Waals surface area (Å²) in [6, 6.07) is 10.2. The lowest BCUT2D eigenvalue weighted by atomic mass is 10.1. The van der Waals surface area contributed by atoms with Gasteiger partial charge in [0.25, 0.3) is 0 Å². The summed E-state index contributed by atoms with van der Waals surface area (Å²) >= 11 is 6.07. The fraction of sp³-hybridized carbons (Fsp3) is 0.500. The number of halogens is 1. The first kappa shape index (κ1) is 10.9. The van der Waals surface area contributed by atoms with Crippen molar-refractivity contribution in [3.63, 3.8) is 0 Å². The normalized spacial score (nSPS) is 24.3. The van der Waals surface area contributed by atoms with Gasteiger partial charge < -0.3 is 5.11 Å². The van der Waals surface area contributed by atoms with Crippen molar-refractivity contribution in [2.75, 3.05) is 19.7 Å². The van der Waals surface area contributed by atoms with Crippen LogP contribution in [0.4, 0.5) is 0 Å². The van der Waals surface area contributed by atoms with Crippen LogP contribution in [0.2, 0.25) is 0 Å². The van der Waals surface area contributed by atoms with Crippen LogP contribution in [0.1, 0.15) is 18.0 Å². The number of hydrogen-bond acceptors (Lipinski definition) is 2. The lowest BCUT2D eigenvalue weighted by Crippen LogP contribution is -2.29. The van der Waals surface area contributed by atoms with E-state index < -0.39 is 0 Å². The highest BCUT2D eigenvalue weighted by Gasteiger charge is 2.27. The molecule has 1 N–H and O–H groups in total. The molecule has 1 heterocycles. The SMILES string of the molecule is OC[C@H](c1ccccc1)N1CC[C@H](Cl)C1. The third-order valence-corrected chi connectivity index (χ3v) is 3.32. The molecule has 0 radical (unpaired) electrons. The van der Waals surface area contributed by atoms with Crippen LogP contribution in [-0.2, 0) is 0 Å². The summed E-state index contributed by atoms with van der Waals surface area (Å²) < 4.78 is 0. The summed E-state index contributed by atoms with van der Waals surface area (Å²) in [6.07, 6.45) is 1.02. The van der Waals surface area contributed by atoms with E-state index in [2.05, 4.69) is 17.0 Å². The second-order valence-corrected chi connectivity index (χ2v) is 4.61. The lowest BCUT2D eigenvalue weighted by Gasteiger charge is -2.26. The maximum atomic E-state index is 9.44. The molecule has 0 amide bonds. The lowest BCUT2D eigenvalue weighted by molar-refractivity contribution is 0.147. The summed E-state index contributed by atoms with van der Waals surface area (Å²) in [4.78, 5) is 2.26. The first-order valence-electron chi connectivity index (χ1n) is 5.35. The number of likely N-dealkylation sites (tertiary alicyclic amines) is 1. The van der Waals surface area contributed by atoms with Gasteiger partial charge in [-0.25, -0.2) is 0 Å². The number of aliphatic hydroxyl groups is 1. The monoisotopic (exact) mass is 225 g/mol. The predicted molar refractivity (Wildman–Crippen MR) is 62.1 cm³/mol. The van der Waals surface area contributed by atoms with E-state index in [1.54, 1.807) is 0 Å². The van der Waals surface area contributed by atoms with Crippen molar-refractivity contribution in [3.05, 3.63) is 35.9 Å². The van der Waals surface area contributed by atoms with Gasteiger partial charge >= 0.3 is 0 Å². The first-order chi connectivity index (χ1) is 7.31. The van der Waals surface area contributed by atoms with E-state index in [0.29, 0.717) is 0 Å². The Balaban J connectivity index is 2.11. The quantitative estimate of drug-likeness (QED) is 0.796. The first-order valence-corrected chi connectivity index (χ1v) is 5.79. The van der Waals surface area contributed by atoms with Crippen LogP contribution in [0.3, 0.4) is 0 Å². The Bertz CT molecular complexity index is 304. The van der Waals surface area contributed by atoms with Gasteiger partial charge in [0.2, 0.25) is 0 Å². The molecule has 1 aliphatic rings. The van der Waals surface area contributed by atoms with Gasteiger partial charge in [-0.1, -0.05) is 30.3 Å². The second kappa shape index (κ2) is 4.97. The Kier molecular flexibility index (Phi) is 3.62. The summed E-state index contributed by atoms with van der Waals surface area (Å²) in [5, 5.41) is 9.68. The number of aliphatic hydroxyl groups excluding tert-OH is 1. The molecule has 2 rings (SSSR count). The zero-order chi connectivity index (χ0) is 10.7. The molecule has 1 saturated heterocycles. The van der Waals surface area contributed by atoms with Crippen LogP contribution >= 0.6 is 11.6 Å². The standard InChI is InChI=1S/C12H16ClNO/c13-11-6-7-14(8-11)12(9-15)10-4-2-1-3-5-10/h1-5,11-12,15H,6-9H2/t11-,12+/m0/s1. The molecular formula is C12H16ClNO. The van der Waals surface area contributed by atoms with E-state index in [0.717, 1.165) is 19.5 Å². The molecule has 82 valence electrons. The molecule has 0 spiro atoms. The van der Waals surface area contributed by atoms with Crippen molar-refractivity contribution < 1.29 is 5.11 Å². The number of alkyl halides is 1. The molecule has 0 aliphatic carbocycles. The largest absolute Gasteiger partial charge is 0.394 e. The third-order valence-electron chi connectivity index (χ3n) is 2.96. The number of hydrogen-bond donors (Lipinski definition) is 1. The van der Waals surface area contributed by atoms with E-state index in [1.807, 2.05) is 18.2 Å². The minimum atomic E-state index is 0.106. The average molecular weight is 226 g/mol. The zero-order valence-electron chi connectivity index (χ0n) is 8.64. The highest BCUT2D eigenvalue weighted by Crippen LogP contribution is 2.26. The van der Waals surface area contributed by atoms with Crippen LogP contribution in [0.15, 0.2) is 30.3 Å². The van der Waals surface area contributed by atoms with Crippen molar-refractivity contribution in [2.45, 2.75) is 17.8 Å². The number of nitrogens with zero attached hydrogens (tertiary/aromatic N) is 1. The minimum absolute atomic E-state index is 0.106. The summed E-state index contributed by atoms with van der Waals surface area (Å²) in [5.74, 6) is 0. The molecule has 0 unspecified atom stereocenters. The van der Waals surface area contributed by atoms with Crippen LogP contribution in [0.5, 0.6) is 0 Å². The summed E-state index contributed by atoms with van der Waals surface area (Å²) in [5.41, 5.74) is 1.17. The molecule has 0 aromatic heterocycles. The molecular weight excluding hydrogens is 210 g/mol. The van der Waals surface area contributed by atoms with Crippen molar-refractivity contribution in [1.29, 1.82) is 0 Å². The molecule has 1 fully saturated rings. The summed E-state index contributed by atoms with van der Waals surface area (Å²) in [6.45, 7) is 2.02. The van der Waals surface area contributed by atoms with Gasteiger partial charge in [0, 0.05) is 18.5 Å². The van der Waals surface area contributed by atoms with Gasteiger partial charge in [0.1, 0.15) is 0 Å². The van der Waals surface area contributed by atoms with Crippen LogP contribution in [-0.4, -0.2) is 35.1 Å². The van der Waals surface area contributed by atoms with Gasteiger partial charge in [-0.2, -0.15) is 0 Å². The molecule has 3 heteroatoms. The topological polar surface area (TPSA) is 23.5 Å². The highest BCUT2D eigenvalue weighted by atomic mass is 35.5. The van der Waals surface area contributed by atoms with Gasteiger partial charge in [0.05, 0.1) is 12.6 Å². The second-order valence-electron chi connectivity index (χ2n) is 3.99. The van der Waals surface area contributed by atoms with Crippen LogP contribution in [0.25, 0.3) is 0 Å². The van der Waals surface area contributed by atoms with E-state index in [9.17, 15) is 5.11 Å². The highest BCUT2D eigenvalue weighted by molar-refractivity contribution is 6.20. The van der Waals surface area contributed by atoms with Crippen LogP contribution < -0.4 is 0 Å². The van der Waals surface area contributed by atoms with E-state index in [1.165, 1.54) is 5.56 Å². The van der Waals surface area contributed by atoms with Crippen molar-refractivity contribution >= 4 is 11.6 Å². The maximum absolute atomic E-state index is 9.44. The minimum Gasteiger partial charge on any atom is -0.394 e. The molecule has 15 heavy (non-hydrogen) atoms. The van der Waals surface area contributed by atoms with Gasteiger partial charge in [0.15, 0.2) is 0 Å². The molecule has 2 nitrogen and oxygen atoms in total. The maximum Gasteiger partial charge on any atom is 0.0628 e. The van der Waals surface area contributed by atoms with Crippen molar-refractivity contribution in [2.24, 2.45) is 0 Å². The Morgan fingerprint density at radius 2 is 2.13 bits per heavy atom. The average Bonchev–Trinajstić information content (AvgIpc) is 2.68. The Hall–Kier alpha value is -0.570. The van der Waals surface area contributed by atoms with Crippen molar-refractivity contribution in [3.8, 4) is 0 Å². The zero-order valence-corrected chi connectivity index (χ0v) is 9.40. The van der Waals surface area contributed by atoms with Gasteiger partial charge in [-0.3, -0.25) is 4.90 Å². The fourth-order valence-electron chi connectivity index (χ4n) is 2.13. The molecule has 1 aliphatic heterocycles. The molecule has 0 bridgehead atoms. The number of benzene rings is 1. The van der Waals surface area contributed by atoms with Crippen LogP contribution in [0, 0.1) is 0 Å². The summed E-state index contributed by atoms with van der Waals surface area (Å²) in [7, 11) is 0. The number of rotatable bonds is 3. The molecule has 1 aromatic rings. The fourth-order valence-corrected chi connectivity index (χ4v) is 2.41. The van der Waals surface area contributed by atoms with E-state index in [-0.39, 0.29) is 18.0 Å². The molecule has 2 atom stereocenters. The third kappa shape index (κ3) is 2.51. The van der Waals surface area contributed by atoms with Crippen molar-refractivity contribution in [1.82, 2.24) is 4.90 Å². The molecule has 0 saturated carbocycles. The Labute approximate surface area is 95.5 Å². The Morgan fingerprint density at radius 3 is 2.67 bits per heavy atom. The van der Waals surface area contributed by atoms with E-state index in [4.69, 9.17) is 11.6 Å². The molecule has 1 aromatic carbocycles. The predicted octanol–water partition coefficient (Wildman–Crippen LogP) is 2.03. The smallest absolute Gasteiger partial charge is 0.0628 e. The Morgan fingerprint density at radius 1 is 1.40 bits per heavy atom.